The van der Waals surface area contributed by atoms with Crippen molar-refractivity contribution in [3.8, 4) is 0 Å². The van der Waals surface area contributed by atoms with E-state index in [4.69, 9.17) is 5.73 Å². The fraction of sp³-hybridized carbons (Fsp3) is 0.714. The number of nitrogens with one attached hydrogen (secondary N) is 1. The number of primary amides is 1. The second-order valence-electron chi connectivity index (χ2n) is 2.48. The van der Waals surface area contributed by atoms with Crippen LogP contribution in [0.2, 0.25) is 0 Å². The van der Waals surface area contributed by atoms with Crippen molar-refractivity contribution in [2.45, 2.75) is 6.92 Å². The number of hydrogen-bond donors (Lipinski definition) is 2. The van der Waals surface area contributed by atoms with Gasteiger partial charge in [-0.25, -0.2) is 0 Å². The molecule has 0 unspecified atom stereocenters. The number of nitrogens with zero attached hydrogens (tertiary/aromatic N) is 1. The maximum absolute atomic E-state index is 11.1. The molecule has 3 N–H and O–H groups in total. The summed E-state index contributed by atoms with van der Waals surface area (Å²) in [6.07, 6.45) is 0. The van der Waals surface area contributed by atoms with Crippen LogP contribution in [0.5, 0.6) is 0 Å². The molecule has 0 atom stereocenters. The maximum Gasteiger partial charge on any atom is 0.245 e. The Morgan fingerprint density at radius 1 is 1.54 bits per heavy atom. The van der Waals surface area contributed by atoms with E-state index in [0.717, 1.165) is 0 Å². The first-order valence-electron chi connectivity index (χ1n) is 3.94. The number of hydrogen-bond acceptors (Lipinski definition) is 4. The van der Waals surface area contributed by atoms with E-state index < -0.39 is 5.91 Å². The van der Waals surface area contributed by atoms with E-state index in [0.29, 0.717) is 6.54 Å². The molecule has 0 aromatic carbocycles. The molecule has 0 aromatic heterocycles. The zero-order valence-electron chi connectivity index (χ0n) is 7.87. The highest BCUT2D eigenvalue weighted by Gasteiger charge is 2.05. The molecule has 0 radical (unpaired) electrons. The summed E-state index contributed by atoms with van der Waals surface area (Å²) < 4.78 is 0. The van der Waals surface area contributed by atoms with E-state index in [-0.39, 0.29) is 19.1 Å². The third kappa shape index (κ3) is 6.06. The van der Waals surface area contributed by atoms with Gasteiger partial charge in [0.2, 0.25) is 11.8 Å². The Labute approximate surface area is 77.0 Å². The Bertz CT molecular complexity index is 184. The quantitative estimate of drug-likeness (QED) is 0.392. The molecule has 0 aromatic rings. The minimum absolute atomic E-state index is 0.0393. The molecule has 0 saturated heterocycles. The van der Waals surface area contributed by atoms with E-state index >= 15 is 0 Å². The smallest absolute Gasteiger partial charge is 0.245 e. The Kier molecular flexibility index (Phi) is 5.82. The van der Waals surface area contributed by atoms with E-state index in [1.807, 2.05) is 6.92 Å². The van der Waals surface area contributed by atoms with Gasteiger partial charge in [0.05, 0.1) is 0 Å². The van der Waals surface area contributed by atoms with E-state index in [1.54, 1.807) is 7.05 Å². The lowest BCUT2D eigenvalue weighted by Crippen LogP contribution is -2.36. The largest absolute Gasteiger partial charge is 0.368 e. The van der Waals surface area contributed by atoms with Crippen molar-refractivity contribution in [3.05, 3.63) is 0 Å². The van der Waals surface area contributed by atoms with Crippen molar-refractivity contribution in [1.29, 1.82) is 0 Å². The van der Waals surface area contributed by atoms with Crippen LogP contribution >= 0.6 is 0 Å². The lowest BCUT2D eigenvalue weighted by atomic mass is 10.5. The van der Waals surface area contributed by atoms with Gasteiger partial charge in [0.25, 0.3) is 0 Å². The van der Waals surface area contributed by atoms with Gasteiger partial charge in [-0.05, 0) is 6.92 Å². The molecule has 0 fully saturated rings. The highest BCUT2D eigenvalue weighted by molar-refractivity contribution is 5.78. The Morgan fingerprint density at radius 2 is 2.15 bits per heavy atom. The first-order chi connectivity index (χ1) is 6.07. The standard InChI is InChI=1S/C7H15N3O3/c1-3-10(2)7(12)4-9-13-5-6(8)11/h9H,3-5H2,1-2H3,(H2,8,11). The first-order valence-corrected chi connectivity index (χ1v) is 3.94. The van der Waals surface area contributed by atoms with Crippen LogP contribution in [0.3, 0.4) is 0 Å². The van der Waals surface area contributed by atoms with Crippen LogP contribution in [-0.2, 0) is 14.4 Å². The van der Waals surface area contributed by atoms with Crippen molar-refractivity contribution in [2.75, 3.05) is 26.7 Å². The van der Waals surface area contributed by atoms with Gasteiger partial charge in [-0.1, -0.05) is 0 Å². The summed E-state index contributed by atoms with van der Waals surface area (Å²) in [4.78, 5) is 27.4. The summed E-state index contributed by atoms with van der Waals surface area (Å²) in [7, 11) is 1.68. The Balaban J connectivity index is 3.42. The zero-order chi connectivity index (χ0) is 10.3. The van der Waals surface area contributed by atoms with E-state index in [2.05, 4.69) is 10.3 Å². The summed E-state index contributed by atoms with van der Waals surface area (Å²) in [5.74, 6) is -0.684. The number of rotatable bonds is 6. The molecule has 0 bridgehead atoms. The molecule has 0 heterocycles. The van der Waals surface area contributed by atoms with Gasteiger partial charge in [-0.15, -0.1) is 0 Å². The van der Waals surface area contributed by atoms with Crippen LogP contribution in [0.4, 0.5) is 0 Å². The fourth-order valence-electron chi connectivity index (χ4n) is 0.546. The molecule has 0 aliphatic heterocycles. The predicted molar refractivity (Wildman–Crippen MR) is 46.5 cm³/mol. The molecule has 0 aliphatic carbocycles. The average molecular weight is 189 g/mol. The van der Waals surface area contributed by atoms with Crippen molar-refractivity contribution in [1.82, 2.24) is 10.4 Å². The highest BCUT2D eigenvalue weighted by Crippen LogP contribution is 1.81. The third-order valence-corrected chi connectivity index (χ3v) is 1.44. The first kappa shape index (κ1) is 11.9. The molecule has 13 heavy (non-hydrogen) atoms. The van der Waals surface area contributed by atoms with Gasteiger partial charge < -0.3 is 10.6 Å². The molecular formula is C7H15N3O3. The summed E-state index contributed by atoms with van der Waals surface area (Å²) >= 11 is 0. The molecule has 6 heteroatoms. The summed E-state index contributed by atoms with van der Waals surface area (Å²) in [5.41, 5.74) is 7.14. The number of amides is 2. The van der Waals surface area contributed by atoms with Crippen LogP contribution in [-0.4, -0.2) is 43.5 Å². The normalized spacial score (nSPS) is 9.69. The van der Waals surface area contributed by atoms with Gasteiger partial charge in [0.15, 0.2) is 0 Å². The number of hydroxylamine groups is 1. The van der Waals surface area contributed by atoms with Crippen molar-refractivity contribution >= 4 is 11.8 Å². The van der Waals surface area contributed by atoms with Crippen LogP contribution in [0, 0.1) is 0 Å². The molecule has 2 amide bonds. The Hall–Kier alpha value is -1.14. The van der Waals surface area contributed by atoms with Crippen LogP contribution < -0.4 is 11.2 Å². The molecule has 6 nitrogen and oxygen atoms in total. The monoisotopic (exact) mass is 189 g/mol. The molecule has 76 valence electrons. The SMILES string of the molecule is CCN(C)C(=O)CNOCC(N)=O. The second-order valence-corrected chi connectivity index (χ2v) is 2.48. The van der Waals surface area contributed by atoms with Crippen molar-refractivity contribution in [3.63, 3.8) is 0 Å². The van der Waals surface area contributed by atoms with Crippen LogP contribution in [0.1, 0.15) is 6.92 Å². The van der Waals surface area contributed by atoms with Crippen molar-refractivity contribution in [2.24, 2.45) is 5.73 Å². The van der Waals surface area contributed by atoms with E-state index in [1.165, 1.54) is 4.90 Å². The minimum atomic E-state index is -0.580. The summed E-state index contributed by atoms with van der Waals surface area (Å²) in [6.45, 7) is 2.30. The number of nitrogens with two attached hydrogens (primary N) is 1. The molecule has 0 spiro atoms. The lowest BCUT2D eigenvalue weighted by Gasteiger charge is -2.14. The fourth-order valence-corrected chi connectivity index (χ4v) is 0.546. The second kappa shape index (κ2) is 6.38. The highest BCUT2D eigenvalue weighted by atomic mass is 16.6. The van der Waals surface area contributed by atoms with Crippen LogP contribution in [0.25, 0.3) is 0 Å². The summed E-state index contributed by atoms with van der Waals surface area (Å²) in [6, 6.07) is 0. The van der Waals surface area contributed by atoms with Gasteiger partial charge in [0.1, 0.15) is 13.2 Å². The van der Waals surface area contributed by atoms with Gasteiger partial charge in [-0.2, -0.15) is 5.48 Å². The molecular weight excluding hydrogens is 174 g/mol. The Morgan fingerprint density at radius 3 is 2.62 bits per heavy atom. The zero-order valence-corrected chi connectivity index (χ0v) is 7.87. The predicted octanol–water partition coefficient (Wildman–Crippen LogP) is -1.53. The maximum atomic E-state index is 11.1. The van der Waals surface area contributed by atoms with Crippen LogP contribution in [0.15, 0.2) is 0 Å². The third-order valence-electron chi connectivity index (χ3n) is 1.44. The average Bonchev–Trinajstić information content (AvgIpc) is 2.10. The molecule has 0 saturated carbocycles. The van der Waals surface area contributed by atoms with E-state index in [9.17, 15) is 9.59 Å². The number of carbonyl (C=O) groups excluding carboxylic acids is 2. The van der Waals surface area contributed by atoms with Gasteiger partial charge >= 0.3 is 0 Å². The van der Waals surface area contributed by atoms with Gasteiger partial charge in [0, 0.05) is 13.6 Å². The van der Waals surface area contributed by atoms with Crippen molar-refractivity contribution < 1.29 is 14.4 Å². The minimum Gasteiger partial charge on any atom is -0.368 e. The number of carbonyl (C=O) groups is 2. The number of likely N-dealkylation sites (N-methyl/N-ethyl adjacent to an activating group) is 1. The summed E-state index contributed by atoms with van der Waals surface area (Å²) in [5, 5.41) is 0. The topological polar surface area (TPSA) is 84.7 Å². The van der Waals surface area contributed by atoms with Gasteiger partial charge in [-0.3, -0.25) is 14.4 Å². The molecule has 0 aliphatic rings. The molecule has 0 rings (SSSR count). The lowest BCUT2D eigenvalue weighted by molar-refractivity contribution is -0.134.